The van der Waals surface area contributed by atoms with Gasteiger partial charge in [-0.1, -0.05) is 41.5 Å². The molecule has 0 aromatic rings. The second-order valence-corrected chi connectivity index (χ2v) is 3.39. The average Bonchev–Trinajstić information content (AvgIpc) is 2.38. The lowest BCUT2D eigenvalue weighted by Crippen LogP contribution is -2.32. The molecule has 2 amide bonds. The molecule has 0 unspecified atom stereocenters. The van der Waals surface area contributed by atoms with Gasteiger partial charge in [-0.15, -0.1) is 0 Å². The highest BCUT2D eigenvalue weighted by Crippen LogP contribution is 1.89. The van der Waals surface area contributed by atoms with Crippen molar-refractivity contribution in [3.8, 4) is 0 Å². The van der Waals surface area contributed by atoms with Gasteiger partial charge in [0.05, 0.1) is 12.3 Å². The van der Waals surface area contributed by atoms with E-state index in [1.807, 2.05) is 41.5 Å². The van der Waals surface area contributed by atoms with Crippen LogP contribution in [0.15, 0.2) is 5.10 Å². The summed E-state index contributed by atoms with van der Waals surface area (Å²) in [6, 6.07) is 0. The highest BCUT2D eigenvalue weighted by Gasteiger charge is 2.05. The first-order valence-corrected chi connectivity index (χ1v) is 6.51. The van der Waals surface area contributed by atoms with Gasteiger partial charge in [-0.05, 0) is 6.92 Å². The fourth-order valence-electron chi connectivity index (χ4n) is 0.633. The Morgan fingerprint density at radius 2 is 1.50 bits per heavy atom. The van der Waals surface area contributed by atoms with Gasteiger partial charge in [-0.2, -0.15) is 5.10 Å². The summed E-state index contributed by atoms with van der Waals surface area (Å²) in [7, 11) is 0. The zero-order valence-electron chi connectivity index (χ0n) is 13.0. The van der Waals surface area contributed by atoms with Gasteiger partial charge in [0.1, 0.15) is 0 Å². The first kappa shape index (κ1) is 21.9. The predicted octanol–water partition coefficient (Wildman–Crippen LogP) is 2.32. The summed E-state index contributed by atoms with van der Waals surface area (Å²) in [5.74, 6) is -0.287. The number of hydrazone groups is 1. The minimum atomic E-state index is -0.223. The smallest absolute Gasteiger partial charge is 0.236 e. The van der Waals surface area contributed by atoms with Crippen molar-refractivity contribution in [1.29, 1.82) is 0 Å². The van der Waals surface area contributed by atoms with Crippen LogP contribution in [0.2, 0.25) is 0 Å². The van der Waals surface area contributed by atoms with Crippen LogP contribution in [0, 0.1) is 5.92 Å². The molecule has 0 bridgehead atoms. The zero-order valence-corrected chi connectivity index (χ0v) is 13.0. The second-order valence-electron chi connectivity index (χ2n) is 3.39. The largest absolute Gasteiger partial charge is 0.351 e. The fourth-order valence-corrected chi connectivity index (χ4v) is 0.633. The molecule has 0 aromatic heterocycles. The van der Waals surface area contributed by atoms with E-state index in [1.54, 1.807) is 6.92 Å². The SMILES string of the molecule is CC.CC.CC(=O)N/N=C(\C)CNC(=O)C(C)C. The third-order valence-corrected chi connectivity index (χ3v) is 1.45. The number of carbonyl (C=O) groups excluding carboxylic acids is 2. The first-order chi connectivity index (χ1) is 8.43. The number of hydrogen-bond donors (Lipinski definition) is 2. The first-order valence-electron chi connectivity index (χ1n) is 6.51. The Balaban J connectivity index is -0.000000506. The van der Waals surface area contributed by atoms with Gasteiger partial charge in [0.15, 0.2) is 0 Å². The summed E-state index contributed by atoms with van der Waals surface area (Å²) in [4.78, 5) is 21.6. The van der Waals surface area contributed by atoms with Crippen LogP contribution in [0.3, 0.4) is 0 Å². The molecule has 0 aliphatic rings. The van der Waals surface area contributed by atoms with E-state index in [1.165, 1.54) is 6.92 Å². The zero-order chi connectivity index (χ0) is 15.1. The van der Waals surface area contributed by atoms with Gasteiger partial charge >= 0.3 is 0 Å². The Morgan fingerprint density at radius 1 is 1.06 bits per heavy atom. The maximum absolute atomic E-state index is 11.1. The van der Waals surface area contributed by atoms with E-state index in [-0.39, 0.29) is 17.7 Å². The summed E-state index contributed by atoms with van der Waals surface area (Å²) >= 11 is 0. The summed E-state index contributed by atoms with van der Waals surface area (Å²) in [5, 5.41) is 6.44. The summed E-state index contributed by atoms with van der Waals surface area (Å²) in [6.07, 6.45) is 0. The van der Waals surface area contributed by atoms with Crippen molar-refractivity contribution in [2.75, 3.05) is 6.54 Å². The van der Waals surface area contributed by atoms with Gasteiger partial charge in [-0.25, -0.2) is 5.43 Å². The highest BCUT2D eigenvalue weighted by molar-refractivity contribution is 5.89. The van der Waals surface area contributed by atoms with Crippen LogP contribution in [0.4, 0.5) is 0 Å². The van der Waals surface area contributed by atoms with Crippen molar-refractivity contribution in [3.05, 3.63) is 0 Å². The van der Waals surface area contributed by atoms with Crippen LogP contribution >= 0.6 is 0 Å². The van der Waals surface area contributed by atoms with E-state index in [0.717, 1.165) is 0 Å². The fraction of sp³-hybridized carbons (Fsp3) is 0.769. The van der Waals surface area contributed by atoms with Gasteiger partial charge < -0.3 is 5.32 Å². The predicted molar refractivity (Wildman–Crippen MR) is 77.5 cm³/mol. The van der Waals surface area contributed by atoms with Crippen LogP contribution in [-0.4, -0.2) is 24.1 Å². The molecule has 5 heteroatoms. The maximum atomic E-state index is 11.1. The van der Waals surface area contributed by atoms with Gasteiger partial charge in [0.2, 0.25) is 11.8 Å². The molecule has 0 fully saturated rings. The van der Waals surface area contributed by atoms with E-state index in [0.29, 0.717) is 12.3 Å². The lowest BCUT2D eigenvalue weighted by Gasteiger charge is -2.06. The van der Waals surface area contributed by atoms with Crippen LogP contribution in [0.5, 0.6) is 0 Å². The van der Waals surface area contributed by atoms with Crippen molar-refractivity contribution in [3.63, 3.8) is 0 Å². The molecule has 5 nitrogen and oxygen atoms in total. The normalized spacial score (nSPS) is 9.50. The van der Waals surface area contributed by atoms with Crippen molar-refractivity contribution in [1.82, 2.24) is 10.7 Å². The molecule has 0 saturated heterocycles. The second kappa shape index (κ2) is 15.6. The van der Waals surface area contributed by atoms with E-state index in [9.17, 15) is 9.59 Å². The molecule has 0 aliphatic heterocycles. The molecule has 0 saturated carbocycles. The number of nitrogens with one attached hydrogen (secondary N) is 2. The summed E-state index contributed by atoms with van der Waals surface area (Å²) in [6.45, 7) is 15.1. The Kier molecular flexibility index (Phi) is 18.9. The molecule has 0 rings (SSSR count). The van der Waals surface area contributed by atoms with E-state index in [4.69, 9.17) is 0 Å². The van der Waals surface area contributed by atoms with Crippen molar-refractivity contribution < 1.29 is 9.59 Å². The Bertz CT molecular complexity index is 249. The average molecular weight is 259 g/mol. The van der Waals surface area contributed by atoms with Crippen molar-refractivity contribution >= 4 is 17.5 Å². The number of rotatable bonds is 4. The third-order valence-electron chi connectivity index (χ3n) is 1.45. The molecule has 18 heavy (non-hydrogen) atoms. The van der Waals surface area contributed by atoms with Gasteiger partial charge in [-0.3, -0.25) is 9.59 Å². The molecule has 0 heterocycles. The summed E-state index contributed by atoms with van der Waals surface area (Å²) in [5.41, 5.74) is 2.96. The monoisotopic (exact) mass is 259 g/mol. The van der Waals surface area contributed by atoms with Gasteiger partial charge in [0.25, 0.3) is 0 Å². The third kappa shape index (κ3) is 17.0. The Hall–Kier alpha value is -1.39. The topological polar surface area (TPSA) is 70.6 Å². The van der Waals surface area contributed by atoms with E-state index < -0.39 is 0 Å². The molecular weight excluding hydrogens is 230 g/mol. The number of hydrogen-bond acceptors (Lipinski definition) is 3. The van der Waals surface area contributed by atoms with Crippen LogP contribution in [0.1, 0.15) is 55.4 Å². The highest BCUT2D eigenvalue weighted by atomic mass is 16.2. The minimum Gasteiger partial charge on any atom is -0.351 e. The molecule has 2 N–H and O–H groups in total. The molecule has 0 aromatic carbocycles. The Morgan fingerprint density at radius 3 is 1.83 bits per heavy atom. The molecule has 0 radical (unpaired) electrons. The van der Waals surface area contributed by atoms with E-state index in [2.05, 4.69) is 15.8 Å². The van der Waals surface area contributed by atoms with Crippen molar-refractivity contribution in [2.45, 2.75) is 55.4 Å². The van der Waals surface area contributed by atoms with E-state index >= 15 is 0 Å². The quantitative estimate of drug-likeness (QED) is 0.601. The molecular formula is C13H29N3O2. The Labute approximate surface area is 111 Å². The van der Waals surface area contributed by atoms with Crippen LogP contribution < -0.4 is 10.7 Å². The van der Waals surface area contributed by atoms with Gasteiger partial charge in [0, 0.05) is 12.8 Å². The summed E-state index contributed by atoms with van der Waals surface area (Å²) < 4.78 is 0. The lowest BCUT2D eigenvalue weighted by atomic mass is 10.2. The standard InChI is InChI=1S/C9H17N3O2.2C2H6/c1-6(2)9(14)10-5-7(3)11-12-8(4)13;2*1-2/h6H,5H2,1-4H3,(H,10,14)(H,12,13);2*1-2H3/b11-7+;;. The number of nitrogens with zero attached hydrogens (tertiary/aromatic N) is 1. The van der Waals surface area contributed by atoms with Crippen LogP contribution in [0.25, 0.3) is 0 Å². The molecule has 0 spiro atoms. The lowest BCUT2D eigenvalue weighted by molar-refractivity contribution is -0.123. The molecule has 108 valence electrons. The number of carbonyl (C=O) groups is 2. The molecule has 0 aliphatic carbocycles. The van der Waals surface area contributed by atoms with Crippen molar-refractivity contribution in [2.24, 2.45) is 11.0 Å². The molecule has 0 atom stereocenters. The minimum absolute atomic E-state index is 0.0256. The maximum Gasteiger partial charge on any atom is 0.236 e. The number of amides is 2. The van der Waals surface area contributed by atoms with Crippen LogP contribution in [-0.2, 0) is 9.59 Å².